The van der Waals surface area contributed by atoms with Crippen molar-refractivity contribution in [3.63, 3.8) is 0 Å². The van der Waals surface area contributed by atoms with Gasteiger partial charge in [-0.15, -0.1) is 0 Å². The first-order valence-electron chi connectivity index (χ1n) is 9.99. The molecular formula is C23H26N4O2. The number of aromatic hydroxyl groups is 1. The highest BCUT2D eigenvalue weighted by atomic mass is 16.3. The van der Waals surface area contributed by atoms with Crippen molar-refractivity contribution in [1.29, 1.82) is 0 Å². The molecule has 0 spiro atoms. The Balaban J connectivity index is 1.53. The molecule has 1 amide bonds. The van der Waals surface area contributed by atoms with Crippen molar-refractivity contribution in [3.8, 4) is 11.4 Å². The van der Waals surface area contributed by atoms with Gasteiger partial charge >= 0.3 is 0 Å². The minimum Gasteiger partial charge on any atom is -0.504 e. The third-order valence-electron chi connectivity index (χ3n) is 5.62. The lowest BCUT2D eigenvalue weighted by molar-refractivity contribution is 0.0757. The number of hydrogen-bond acceptors (Lipinski definition) is 4. The van der Waals surface area contributed by atoms with Gasteiger partial charge in [-0.1, -0.05) is 30.3 Å². The van der Waals surface area contributed by atoms with E-state index in [0.29, 0.717) is 13.1 Å². The summed E-state index contributed by atoms with van der Waals surface area (Å²) in [5, 5.41) is 14.8. The van der Waals surface area contributed by atoms with E-state index in [1.165, 1.54) is 11.9 Å². The van der Waals surface area contributed by atoms with Crippen molar-refractivity contribution in [2.24, 2.45) is 0 Å². The minimum absolute atomic E-state index is 0.0833. The van der Waals surface area contributed by atoms with Crippen LogP contribution < -0.4 is 4.90 Å². The lowest BCUT2D eigenvalue weighted by Crippen LogP contribution is -2.35. The highest BCUT2D eigenvalue weighted by Gasteiger charge is 2.25. The van der Waals surface area contributed by atoms with Gasteiger partial charge in [-0.25, -0.2) is 4.68 Å². The normalized spacial score (nSPS) is 14.7. The van der Waals surface area contributed by atoms with E-state index in [9.17, 15) is 9.90 Å². The molecule has 3 aromatic rings. The van der Waals surface area contributed by atoms with Gasteiger partial charge in [0, 0.05) is 31.9 Å². The molecule has 1 aliphatic rings. The van der Waals surface area contributed by atoms with Crippen LogP contribution in [0.2, 0.25) is 0 Å². The summed E-state index contributed by atoms with van der Waals surface area (Å²) in [5.74, 6) is -0.304. The Morgan fingerprint density at radius 2 is 1.76 bits per heavy atom. The zero-order valence-corrected chi connectivity index (χ0v) is 16.9. The molecule has 2 heterocycles. The number of aromatic nitrogens is 2. The number of aryl methyl sites for hydroxylation is 1. The highest BCUT2D eigenvalue weighted by Crippen LogP contribution is 2.24. The lowest BCUT2D eigenvalue weighted by atomic mass is 10.1. The van der Waals surface area contributed by atoms with E-state index in [2.05, 4.69) is 22.1 Å². The molecule has 4 rings (SSSR count). The van der Waals surface area contributed by atoms with Gasteiger partial charge < -0.3 is 14.9 Å². The van der Waals surface area contributed by atoms with E-state index in [4.69, 9.17) is 0 Å². The van der Waals surface area contributed by atoms with Crippen LogP contribution in [0.15, 0.2) is 54.7 Å². The second kappa shape index (κ2) is 7.99. The molecule has 0 aliphatic carbocycles. The van der Waals surface area contributed by atoms with Gasteiger partial charge in [-0.2, -0.15) is 5.10 Å². The monoisotopic (exact) mass is 390 g/mol. The summed E-state index contributed by atoms with van der Waals surface area (Å²) in [6.45, 7) is 6.95. The average molecular weight is 390 g/mol. The first-order valence-corrected chi connectivity index (χ1v) is 9.99. The van der Waals surface area contributed by atoms with Crippen LogP contribution in [0.4, 0.5) is 5.69 Å². The molecule has 0 radical (unpaired) electrons. The molecule has 150 valence electrons. The first kappa shape index (κ1) is 19.1. The van der Waals surface area contributed by atoms with E-state index in [-0.39, 0.29) is 17.4 Å². The fourth-order valence-electron chi connectivity index (χ4n) is 3.79. The topological polar surface area (TPSA) is 61.6 Å². The van der Waals surface area contributed by atoms with Crippen LogP contribution in [0.3, 0.4) is 0 Å². The molecule has 6 heteroatoms. The number of benzene rings is 2. The van der Waals surface area contributed by atoms with Crippen molar-refractivity contribution in [2.45, 2.75) is 20.3 Å². The molecule has 1 fully saturated rings. The number of rotatable bonds is 3. The molecule has 0 saturated carbocycles. The van der Waals surface area contributed by atoms with Crippen LogP contribution in [0.1, 0.15) is 28.0 Å². The Bertz CT molecular complexity index is 1010. The molecule has 1 saturated heterocycles. The number of para-hydroxylation sites is 1. The Morgan fingerprint density at radius 3 is 2.55 bits per heavy atom. The van der Waals surface area contributed by atoms with Gasteiger partial charge in [-0.3, -0.25) is 4.79 Å². The molecule has 29 heavy (non-hydrogen) atoms. The zero-order valence-electron chi connectivity index (χ0n) is 16.9. The maximum Gasteiger partial charge on any atom is 0.278 e. The molecule has 1 N–H and O–H groups in total. The molecule has 6 nitrogen and oxygen atoms in total. The predicted molar refractivity (Wildman–Crippen MR) is 114 cm³/mol. The van der Waals surface area contributed by atoms with Crippen LogP contribution in [0.25, 0.3) is 5.69 Å². The van der Waals surface area contributed by atoms with Gasteiger partial charge in [0.2, 0.25) is 0 Å². The third kappa shape index (κ3) is 3.83. The number of carbonyl (C=O) groups excluding carboxylic acids is 1. The smallest absolute Gasteiger partial charge is 0.278 e. The van der Waals surface area contributed by atoms with Crippen LogP contribution in [-0.2, 0) is 0 Å². The van der Waals surface area contributed by atoms with Crippen LogP contribution in [0, 0.1) is 13.8 Å². The number of carbonyl (C=O) groups is 1. The van der Waals surface area contributed by atoms with Crippen molar-refractivity contribution in [2.75, 3.05) is 31.1 Å². The summed E-state index contributed by atoms with van der Waals surface area (Å²) in [5.41, 5.74) is 4.36. The Hall–Kier alpha value is -3.28. The SMILES string of the molecule is Cc1cccc(-n2cc(O)c(C(=O)N3CCCN(c4ccccc4)CC3)n2)c1C. The van der Waals surface area contributed by atoms with E-state index in [0.717, 1.165) is 36.3 Å². The second-order valence-electron chi connectivity index (χ2n) is 7.49. The quantitative estimate of drug-likeness (QED) is 0.743. The number of hydrogen-bond donors (Lipinski definition) is 1. The lowest BCUT2D eigenvalue weighted by Gasteiger charge is -2.23. The maximum absolute atomic E-state index is 13.1. The number of anilines is 1. The molecule has 1 aromatic heterocycles. The standard InChI is InChI=1S/C23H26N4O2/c1-17-8-6-11-20(18(17)2)27-16-21(28)22(24-27)23(29)26-13-7-12-25(14-15-26)19-9-4-3-5-10-19/h3-6,8-11,16,28H,7,12-15H2,1-2H3. The van der Waals surface area contributed by atoms with Crippen LogP contribution >= 0.6 is 0 Å². The molecular weight excluding hydrogens is 364 g/mol. The fraction of sp³-hybridized carbons (Fsp3) is 0.304. The van der Waals surface area contributed by atoms with Crippen molar-refractivity contribution >= 4 is 11.6 Å². The molecule has 0 atom stereocenters. The van der Waals surface area contributed by atoms with Gasteiger partial charge in [0.15, 0.2) is 11.4 Å². The Kier molecular flexibility index (Phi) is 5.25. The van der Waals surface area contributed by atoms with Gasteiger partial charge in [0.25, 0.3) is 5.91 Å². The van der Waals surface area contributed by atoms with E-state index in [1.807, 2.05) is 50.2 Å². The maximum atomic E-state index is 13.1. The summed E-state index contributed by atoms with van der Waals surface area (Å²) in [4.78, 5) is 17.2. The van der Waals surface area contributed by atoms with Crippen molar-refractivity contribution in [3.05, 3.63) is 71.5 Å². The minimum atomic E-state index is -0.221. The Labute approximate surface area is 171 Å². The summed E-state index contributed by atoms with van der Waals surface area (Å²) < 4.78 is 1.60. The zero-order chi connectivity index (χ0) is 20.4. The molecule has 1 aliphatic heterocycles. The summed E-state index contributed by atoms with van der Waals surface area (Å²) >= 11 is 0. The first-order chi connectivity index (χ1) is 14.0. The van der Waals surface area contributed by atoms with E-state index >= 15 is 0 Å². The van der Waals surface area contributed by atoms with Crippen LogP contribution in [-0.4, -0.2) is 51.9 Å². The number of nitrogens with zero attached hydrogens (tertiary/aromatic N) is 4. The Morgan fingerprint density at radius 1 is 0.966 bits per heavy atom. The fourth-order valence-corrected chi connectivity index (χ4v) is 3.79. The summed E-state index contributed by atoms with van der Waals surface area (Å²) in [7, 11) is 0. The van der Waals surface area contributed by atoms with Gasteiger partial charge in [0.05, 0.1) is 11.9 Å². The molecule has 0 unspecified atom stereocenters. The van der Waals surface area contributed by atoms with E-state index < -0.39 is 0 Å². The largest absolute Gasteiger partial charge is 0.504 e. The van der Waals surface area contributed by atoms with Crippen molar-refractivity contribution in [1.82, 2.24) is 14.7 Å². The molecule has 0 bridgehead atoms. The van der Waals surface area contributed by atoms with E-state index in [1.54, 1.807) is 9.58 Å². The third-order valence-corrected chi connectivity index (χ3v) is 5.62. The average Bonchev–Trinajstić information content (AvgIpc) is 2.96. The van der Waals surface area contributed by atoms with Gasteiger partial charge in [-0.05, 0) is 49.6 Å². The molecule has 2 aromatic carbocycles. The van der Waals surface area contributed by atoms with Crippen molar-refractivity contribution < 1.29 is 9.90 Å². The van der Waals surface area contributed by atoms with Crippen LogP contribution in [0.5, 0.6) is 5.75 Å². The number of amides is 1. The van der Waals surface area contributed by atoms with Gasteiger partial charge in [0.1, 0.15) is 0 Å². The highest BCUT2D eigenvalue weighted by molar-refractivity contribution is 5.95. The predicted octanol–water partition coefficient (Wildman–Crippen LogP) is 3.55. The second-order valence-corrected chi connectivity index (χ2v) is 7.49. The summed E-state index contributed by atoms with van der Waals surface area (Å²) in [6, 6.07) is 16.2. The summed E-state index contributed by atoms with van der Waals surface area (Å²) in [6.07, 6.45) is 2.39.